The largest absolute Gasteiger partial charge is 0.507 e. The van der Waals surface area contributed by atoms with E-state index < -0.39 is 0 Å². The molecule has 1 saturated heterocycles. The van der Waals surface area contributed by atoms with Crippen molar-refractivity contribution in [3.05, 3.63) is 76.4 Å². The van der Waals surface area contributed by atoms with E-state index in [0.717, 1.165) is 60.3 Å². The highest BCUT2D eigenvalue weighted by molar-refractivity contribution is 8.77. The van der Waals surface area contributed by atoms with Crippen LogP contribution >= 0.6 is 21.6 Å². The van der Waals surface area contributed by atoms with Crippen molar-refractivity contribution in [3.8, 4) is 17.6 Å². The monoisotopic (exact) mass is 623 g/mol. The number of phenols is 1. The molecule has 2 aliphatic heterocycles. The van der Waals surface area contributed by atoms with Crippen molar-refractivity contribution >= 4 is 21.6 Å². The summed E-state index contributed by atoms with van der Waals surface area (Å²) >= 11 is 0. The third-order valence-corrected chi connectivity index (χ3v) is 15.9. The van der Waals surface area contributed by atoms with Crippen molar-refractivity contribution in [2.75, 3.05) is 5.75 Å². The van der Waals surface area contributed by atoms with Crippen LogP contribution in [0.3, 0.4) is 0 Å². The third-order valence-electron chi connectivity index (χ3n) is 12.7. The van der Waals surface area contributed by atoms with Gasteiger partial charge in [-0.25, -0.2) is 0 Å². The summed E-state index contributed by atoms with van der Waals surface area (Å²) in [5, 5.41) is 16.3. The van der Waals surface area contributed by atoms with Crippen LogP contribution < -0.4 is 5.32 Å². The maximum Gasteiger partial charge on any atom is 0.131 e. The van der Waals surface area contributed by atoms with Crippen molar-refractivity contribution < 1.29 is 5.11 Å². The molecular weight excluding hydrogens is 575 g/mol. The molecule has 2 aromatic carbocycles. The smallest absolute Gasteiger partial charge is 0.131 e. The molecule has 3 fully saturated rings. The Labute approximate surface area is 273 Å². The maximum absolute atomic E-state index is 11.5. The normalized spacial score (nSPS) is 39.5. The second-order valence-electron chi connectivity index (χ2n) is 15.9. The van der Waals surface area contributed by atoms with E-state index in [1.807, 2.05) is 6.07 Å². The zero-order valence-corrected chi connectivity index (χ0v) is 28.2. The Hall–Kier alpha value is -1.80. The molecule has 2 aromatic rings. The van der Waals surface area contributed by atoms with Gasteiger partial charge in [-0.1, -0.05) is 82.8 Å². The first-order chi connectivity index (χ1) is 21.4. The highest BCUT2D eigenvalue weighted by Crippen LogP contribution is 2.62. The Morgan fingerprint density at radius 2 is 1.91 bits per heavy atom. The first kappa shape index (κ1) is 29.6. The van der Waals surface area contributed by atoms with Crippen LogP contribution in [0.5, 0.6) is 5.75 Å². The van der Waals surface area contributed by atoms with E-state index in [1.54, 1.807) is 0 Å². The van der Waals surface area contributed by atoms with Gasteiger partial charge >= 0.3 is 0 Å². The van der Waals surface area contributed by atoms with Gasteiger partial charge in [0.1, 0.15) is 5.75 Å². The predicted octanol–water partition coefficient (Wildman–Crippen LogP) is 9.33. The predicted molar refractivity (Wildman–Crippen MR) is 187 cm³/mol. The molecule has 2 saturated carbocycles. The van der Waals surface area contributed by atoms with Crippen molar-refractivity contribution in [2.24, 2.45) is 40.9 Å². The Morgan fingerprint density at radius 3 is 2.80 bits per heavy atom. The topological polar surface area (TPSA) is 32.3 Å². The Balaban J connectivity index is 1.27. The lowest BCUT2D eigenvalue weighted by Crippen LogP contribution is -2.50. The number of hydrogen-bond donors (Lipinski definition) is 2. The van der Waals surface area contributed by atoms with Crippen molar-refractivity contribution in [1.82, 2.24) is 5.32 Å². The second kappa shape index (κ2) is 11.8. The highest BCUT2D eigenvalue weighted by Gasteiger charge is 2.54. The molecule has 44 heavy (non-hydrogen) atoms. The van der Waals surface area contributed by atoms with Crippen LogP contribution in [0.25, 0.3) is 0 Å². The van der Waals surface area contributed by atoms with E-state index in [2.05, 4.69) is 95.1 Å². The molecule has 0 amide bonds. The molecule has 8 bridgehead atoms. The SMILES string of the molecule is C[C@@H]1CC=C[C@]2(C1)C[C@@H]1CC#Cc3c(O)cc4cc3C[C@H]3C[C@H](C[C@@H]2[C@@H]3C1)[C@H]1CC[C@@](C)(CSS1)NCc1ccccc1C4. The van der Waals surface area contributed by atoms with E-state index in [-0.39, 0.29) is 5.54 Å². The minimum atomic E-state index is 0.150. The van der Waals surface area contributed by atoms with Crippen molar-refractivity contribution in [2.45, 2.75) is 102 Å². The van der Waals surface area contributed by atoms with E-state index in [9.17, 15) is 5.11 Å². The minimum Gasteiger partial charge on any atom is -0.507 e. The van der Waals surface area contributed by atoms with Gasteiger partial charge in [0, 0.05) is 29.5 Å². The third kappa shape index (κ3) is 5.58. The second-order valence-corrected chi connectivity index (χ2v) is 18.5. The molecule has 0 radical (unpaired) electrons. The summed E-state index contributed by atoms with van der Waals surface area (Å²) in [6.45, 7) is 5.87. The first-order valence-corrected chi connectivity index (χ1v) is 19.9. The summed E-state index contributed by atoms with van der Waals surface area (Å²) in [6.07, 6.45) is 18.8. The number of fused-ring (bicyclic) bond motifs is 9. The molecule has 4 heteroatoms. The molecule has 6 aliphatic rings. The molecule has 9 atom stereocenters. The van der Waals surface area contributed by atoms with Crippen LogP contribution in [-0.2, 0) is 19.4 Å². The van der Waals surface area contributed by atoms with Crippen LogP contribution in [0.1, 0.15) is 99.5 Å². The molecule has 4 aliphatic carbocycles. The average molecular weight is 624 g/mol. The maximum atomic E-state index is 11.5. The van der Waals surface area contributed by atoms with Gasteiger partial charge in [0.05, 0.1) is 5.56 Å². The number of rotatable bonds is 0. The lowest BCUT2D eigenvalue weighted by molar-refractivity contribution is -0.0491. The van der Waals surface area contributed by atoms with Gasteiger partial charge in [0.2, 0.25) is 0 Å². The zero-order valence-electron chi connectivity index (χ0n) is 26.6. The molecule has 2 N–H and O–H groups in total. The summed E-state index contributed by atoms with van der Waals surface area (Å²) in [5.41, 5.74) is 6.69. The van der Waals surface area contributed by atoms with Gasteiger partial charge < -0.3 is 10.4 Å². The van der Waals surface area contributed by atoms with Gasteiger partial charge in [0.15, 0.2) is 0 Å². The summed E-state index contributed by atoms with van der Waals surface area (Å²) in [6, 6.07) is 13.4. The lowest BCUT2D eigenvalue weighted by atomic mass is 9.47. The van der Waals surface area contributed by atoms with Crippen molar-refractivity contribution in [1.29, 1.82) is 0 Å². The van der Waals surface area contributed by atoms with E-state index >= 15 is 0 Å². The van der Waals surface area contributed by atoms with Gasteiger partial charge in [-0.3, -0.25) is 0 Å². The van der Waals surface area contributed by atoms with Crippen LogP contribution in [0, 0.1) is 52.8 Å². The van der Waals surface area contributed by atoms with Gasteiger partial charge in [-0.05, 0) is 140 Å². The molecule has 1 spiro atoms. The molecule has 232 valence electrons. The Kier molecular flexibility index (Phi) is 7.92. The first-order valence-electron chi connectivity index (χ1n) is 17.5. The van der Waals surface area contributed by atoms with Crippen LogP contribution in [0.2, 0.25) is 0 Å². The highest BCUT2D eigenvalue weighted by atomic mass is 33.1. The van der Waals surface area contributed by atoms with Gasteiger partial charge in [-0.15, -0.1) is 0 Å². The zero-order chi connectivity index (χ0) is 29.9. The number of hydrogen-bond acceptors (Lipinski definition) is 4. The van der Waals surface area contributed by atoms with E-state index in [1.165, 1.54) is 79.4 Å². The number of nitrogens with one attached hydrogen (secondary N) is 1. The van der Waals surface area contributed by atoms with Gasteiger partial charge in [-0.2, -0.15) is 0 Å². The average Bonchev–Trinajstić information content (AvgIpc) is 3.20. The van der Waals surface area contributed by atoms with Crippen LogP contribution in [0.4, 0.5) is 0 Å². The summed E-state index contributed by atoms with van der Waals surface area (Å²) < 4.78 is 0. The fraction of sp³-hybridized carbons (Fsp3) is 0.600. The summed E-state index contributed by atoms with van der Waals surface area (Å²) in [5.74, 6) is 13.1. The van der Waals surface area contributed by atoms with Crippen LogP contribution in [-0.4, -0.2) is 21.6 Å². The van der Waals surface area contributed by atoms with Crippen LogP contribution in [0.15, 0.2) is 48.6 Å². The number of benzene rings is 2. The number of aromatic hydroxyl groups is 1. The fourth-order valence-corrected chi connectivity index (χ4v) is 14.2. The van der Waals surface area contributed by atoms with E-state index in [0.29, 0.717) is 23.0 Å². The standard InChI is InChI=1S/C40H49NOS2/c1-26-7-6-13-40(22-26)23-27-8-5-11-34-31-16-28(18-37(34)42)15-29-9-3-4-10-30(29)24-41-39(2)14-12-38(44-43-25-39)33-20-32(19-31)35(17-27)36(40)21-33/h3-4,6,9-10,13,16,18,26-27,32-33,35-36,38,41-42H,7-8,12,14-15,17,19-25H2,1-2H3/t26-,27-,32+,33-,35-,36-,38-,39+,40+/m1/s1. The molecule has 0 aromatic heterocycles. The fourth-order valence-electron chi connectivity index (χ4n) is 10.6. The molecule has 2 nitrogen and oxygen atoms in total. The Bertz CT molecular complexity index is 1500. The molecule has 8 rings (SSSR count). The number of phenolic OH excluding ortho intramolecular Hbond substituents is 1. The van der Waals surface area contributed by atoms with Crippen molar-refractivity contribution in [3.63, 3.8) is 0 Å². The Morgan fingerprint density at radius 1 is 1.02 bits per heavy atom. The summed E-state index contributed by atoms with van der Waals surface area (Å²) in [4.78, 5) is 0. The van der Waals surface area contributed by atoms with Gasteiger partial charge in [0.25, 0.3) is 0 Å². The summed E-state index contributed by atoms with van der Waals surface area (Å²) in [7, 11) is 4.37. The number of allylic oxidation sites excluding steroid dienone is 2. The van der Waals surface area contributed by atoms with E-state index in [4.69, 9.17) is 0 Å². The molecule has 2 heterocycles. The molecule has 0 unspecified atom stereocenters. The quantitative estimate of drug-likeness (QED) is 0.174. The lowest BCUT2D eigenvalue weighted by Gasteiger charge is -2.58. The molecular formula is C40H49NOS2. The minimum absolute atomic E-state index is 0.150.